The largest absolute Gasteiger partial charge is 0.370 e. The van der Waals surface area contributed by atoms with Crippen molar-refractivity contribution in [2.75, 3.05) is 6.54 Å². The number of nitrogens with zero attached hydrogens (tertiary/aromatic N) is 1. The number of hydrogen-bond acceptors (Lipinski definition) is 5. The Balaban J connectivity index is 1.88. The fourth-order valence-corrected chi connectivity index (χ4v) is 5.88. The first-order chi connectivity index (χ1) is 22.0. The number of carbonyl (C=O) groups is 4. The Hall–Kier alpha value is -4.41. The van der Waals surface area contributed by atoms with E-state index in [-0.39, 0.29) is 36.7 Å². The van der Waals surface area contributed by atoms with E-state index < -0.39 is 35.0 Å². The van der Waals surface area contributed by atoms with E-state index in [0.717, 1.165) is 24.0 Å². The van der Waals surface area contributed by atoms with Gasteiger partial charge in [0.1, 0.15) is 17.1 Å². The minimum absolute atomic E-state index is 0.0645. The van der Waals surface area contributed by atoms with E-state index in [1.165, 1.54) is 0 Å². The van der Waals surface area contributed by atoms with Gasteiger partial charge in [-0.25, -0.2) is 0 Å². The molecule has 0 bridgehead atoms. The van der Waals surface area contributed by atoms with E-state index >= 15 is 0 Å². The summed E-state index contributed by atoms with van der Waals surface area (Å²) >= 11 is 0. The highest BCUT2D eigenvalue weighted by Gasteiger charge is 2.45. The highest BCUT2D eigenvalue weighted by molar-refractivity contribution is 5.97. The van der Waals surface area contributed by atoms with Crippen LogP contribution in [0.4, 0.5) is 0 Å². The zero-order valence-electron chi connectivity index (χ0n) is 27.6. The van der Waals surface area contributed by atoms with Crippen molar-refractivity contribution in [3.05, 3.63) is 71.8 Å². The van der Waals surface area contributed by atoms with E-state index in [1.54, 1.807) is 13.8 Å². The lowest BCUT2D eigenvalue weighted by Gasteiger charge is -2.36. The lowest BCUT2D eigenvalue weighted by Crippen LogP contribution is -2.64. The second-order valence-electron chi connectivity index (χ2n) is 12.4. The molecule has 0 aliphatic heterocycles. The lowest BCUT2D eigenvalue weighted by atomic mass is 9.89. The summed E-state index contributed by atoms with van der Waals surface area (Å²) in [4.78, 5) is 58.7. The number of nitrogens with one attached hydrogen (secondary N) is 4. The third kappa shape index (κ3) is 9.31. The van der Waals surface area contributed by atoms with Crippen LogP contribution < -0.4 is 32.7 Å². The van der Waals surface area contributed by atoms with Crippen molar-refractivity contribution in [1.82, 2.24) is 21.3 Å². The number of amides is 4. The van der Waals surface area contributed by atoms with Gasteiger partial charge in [-0.3, -0.25) is 24.2 Å². The van der Waals surface area contributed by atoms with Gasteiger partial charge in [-0.15, -0.1) is 0 Å². The Labute approximate surface area is 272 Å². The Bertz CT molecular complexity index is 1290. The van der Waals surface area contributed by atoms with Crippen molar-refractivity contribution in [2.24, 2.45) is 22.4 Å². The molecule has 0 saturated heterocycles. The van der Waals surface area contributed by atoms with Gasteiger partial charge >= 0.3 is 0 Å². The normalized spacial score (nSPS) is 14.7. The molecule has 3 rings (SSSR count). The molecule has 8 N–H and O–H groups in total. The van der Waals surface area contributed by atoms with Gasteiger partial charge < -0.3 is 32.7 Å². The van der Waals surface area contributed by atoms with Gasteiger partial charge in [0.25, 0.3) is 0 Å². The summed E-state index contributed by atoms with van der Waals surface area (Å²) < 4.78 is 0. The Morgan fingerprint density at radius 3 is 1.87 bits per heavy atom. The monoisotopic (exact) mass is 633 g/mol. The Morgan fingerprint density at radius 2 is 1.39 bits per heavy atom. The maximum Gasteiger partial charge on any atom is 0.246 e. The molecular formula is C35H51N7O4. The number of carbonyl (C=O) groups excluding carboxylic acids is 4. The third-order valence-electron chi connectivity index (χ3n) is 8.89. The van der Waals surface area contributed by atoms with Crippen LogP contribution in [0, 0.1) is 5.92 Å². The SMILES string of the molecule is CCC(CC)(NC(=O)C(C)C)C(=O)NC(CCCN=C(N)N)C(=O)NC1(C(=O)NC(c2ccccc2)c2ccccc2)CCCC1. The standard InChI is InChI=1S/C35H51N7O4/c1-5-34(6-2,41-29(43)24(3)4)31(45)39-27(20-15-23-38-33(36)37)30(44)42-35(21-13-14-22-35)32(46)40-28(25-16-9-7-10-17-25)26-18-11-8-12-19-26/h7-12,16-19,24,27-28H,5-6,13-15,20-23H2,1-4H3,(H,39,45)(H,40,46)(H,41,43)(H,42,44)(H4,36,37,38). The predicted octanol–water partition coefficient (Wildman–Crippen LogP) is 3.19. The second kappa shape index (κ2) is 16.8. The average molecular weight is 634 g/mol. The summed E-state index contributed by atoms with van der Waals surface area (Å²) in [6, 6.07) is 18.0. The molecule has 1 saturated carbocycles. The fraction of sp³-hybridized carbons (Fsp3) is 0.514. The Kier molecular flexibility index (Phi) is 13.1. The van der Waals surface area contributed by atoms with Gasteiger partial charge in [0.2, 0.25) is 23.6 Å². The number of nitrogens with two attached hydrogens (primary N) is 2. The van der Waals surface area contributed by atoms with E-state index in [4.69, 9.17) is 11.5 Å². The molecule has 0 radical (unpaired) electrons. The molecular weight excluding hydrogens is 582 g/mol. The molecule has 1 unspecified atom stereocenters. The number of hydrogen-bond donors (Lipinski definition) is 6. The van der Waals surface area contributed by atoms with Crippen molar-refractivity contribution >= 4 is 29.6 Å². The van der Waals surface area contributed by atoms with Crippen LogP contribution in [-0.2, 0) is 19.2 Å². The van der Waals surface area contributed by atoms with Gasteiger partial charge in [0.15, 0.2) is 5.96 Å². The molecule has 1 fully saturated rings. The molecule has 2 aromatic rings. The first-order valence-corrected chi connectivity index (χ1v) is 16.4. The predicted molar refractivity (Wildman–Crippen MR) is 180 cm³/mol. The zero-order valence-corrected chi connectivity index (χ0v) is 27.6. The molecule has 0 heterocycles. The third-order valence-corrected chi connectivity index (χ3v) is 8.89. The molecule has 0 spiro atoms. The van der Waals surface area contributed by atoms with Crippen LogP contribution >= 0.6 is 0 Å². The summed E-state index contributed by atoms with van der Waals surface area (Å²) in [5.74, 6) is -1.83. The molecule has 2 aromatic carbocycles. The first-order valence-electron chi connectivity index (χ1n) is 16.4. The molecule has 4 amide bonds. The smallest absolute Gasteiger partial charge is 0.246 e. The molecule has 0 aromatic heterocycles. The second-order valence-corrected chi connectivity index (χ2v) is 12.4. The molecule has 46 heavy (non-hydrogen) atoms. The Morgan fingerprint density at radius 1 is 0.848 bits per heavy atom. The summed E-state index contributed by atoms with van der Waals surface area (Å²) in [6.07, 6.45) is 3.78. The van der Waals surface area contributed by atoms with Gasteiger partial charge in [-0.1, -0.05) is 101 Å². The number of rotatable bonds is 16. The van der Waals surface area contributed by atoms with Crippen molar-refractivity contribution in [2.45, 2.75) is 102 Å². The van der Waals surface area contributed by atoms with E-state index in [2.05, 4.69) is 26.3 Å². The maximum absolute atomic E-state index is 14.2. The topological polar surface area (TPSA) is 181 Å². The molecule has 11 heteroatoms. The molecule has 1 aliphatic rings. The minimum Gasteiger partial charge on any atom is -0.370 e. The number of guanidine groups is 1. The summed E-state index contributed by atoms with van der Waals surface area (Å²) in [5, 5.41) is 12.1. The average Bonchev–Trinajstić information content (AvgIpc) is 3.53. The summed E-state index contributed by atoms with van der Waals surface area (Å²) in [5.41, 5.74) is 10.5. The van der Waals surface area contributed by atoms with E-state index in [1.807, 2.05) is 74.5 Å². The van der Waals surface area contributed by atoms with Gasteiger partial charge in [0, 0.05) is 12.5 Å². The summed E-state index contributed by atoms with van der Waals surface area (Å²) in [6.45, 7) is 7.43. The first kappa shape index (κ1) is 36.1. The number of aliphatic imine (C=N–C) groups is 1. The van der Waals surface area contributed by atoms with Crippen LogP contribution in [0.3, 0.4) is 0 Å². The highest BCUT2D eigenvalue weighted by atomic mass is 16.2. The van der Waals surface area contributed by atoms with Crippen LogP contribution in [0.15, 0.2) is 65.7 Å². The fourth-order valence-electron chi connectivity index (χ4n) is 5.88. The number of benzene rings is 2. The van der Waals surface area contributed by atoms with E-state index in [0.29, 0.717) is 32.1 Å². The van der Waals surface area contributed by atoms with Crippen LogP contribution in [0.5, 0.6) is 0 Å². The van der Waals surface area contributed by atoms with Crippen molar-refractivity contribution < 1.29 is 19.2 Å². The van der Waals surface area contributed by atoms with E-state index in [9.17, 15) is 19.2 Å². The quantitative estimate of drug-likeness (QED) is 0.0938. The minimum atomic E-state index is -1.19. The van der Waals surface area contributed by atoms with Crippen LogP contribution in [0.25, 0.3) is 0 Å². The summed E-state index contributed by atoms with van der Waals surface area (Å²) in [7, 11) is 0. The van der Waals surface area contributed by atoms with Gasteiger partial charge in [-0.05, 0) is 49.7 Å². The zero-order chi connectivity index (χ0) is 33.7. The lowest BCUT2D eigenvalue weighted by molar-refractivity contribution is -0.139. The van der Waals surface area contributed by atoms with Crippen LogP contribution in [0.2, 0.25) is 0 Å². The molecule has 11 nitrogen and oxygen atoms in total. The maximum atomic E-state index is 14.2. The van der Waals surface area contributed by atoms with Gasteiger partial charge in [0.05, 0.1) is 6.04 Å². The molecule has 1 aliphatic carbocycles. The van der Waals surface area contributed by atoms with Crippen molar-refractivity contribution in [3.8, 4) is 0 Å². The van der Waals surface area contributed by atoms with Crippen LogP contribution in [0.1, 0.15) is 96.2 Å². The van der Waals surface area contributed by atoms with Crippen molar-refractivity contribution in [3.63, 3.8) is 0 Å². The highest BCUT2D eigenvalue weighted by Crippen LogP contribution is 2.32. The molecule has 250 valence electrons. The van der Waals surface area contributed by atoms with Crippen LogP contribution in [-0.4, -0.2) is 53.3 Å². The van der Waals surface area contributed by atoms with Crippen molar-refractivity contribution in [1.29, 1.82) is 0 Å². The van der Waals surface area contributed by atoms with Gasteiger partial charge in [-0.2, -0.15) is 0 Å². The molecule has 1 atom stereocenters.